The summed E-state index contributed by atoms with van der Waals surface area (Å²) >= 11 is 0. The molecule has 0 aliphatic heterocycles. The second-order valence-electron chi connectivity index (χ2n) is 8.72. The molecule has 0 fully saturated rings. The van der Waals surface area contributed by atoms with Crippen molar-refractivity contribution in [1.82, 2.24) is 10.6 Å². The van der Waals surface area contributed by atoms with E-state index in [0.717, 1.165) is 19.3 Å². The summed E-state index contributed by atoms with van der Waals surface area (Å²) < 4.78 is 5.33. The van der Waals surface area contributed by atoms with Crippen LogP contribution in [0, 0.1) is 0 Å². The van der Waals surface area contributed by atoms with Crippen LogP contribution in [0.3, 0.4) is 0 Å². The summed E-state index contributed by atoms with van der Waals surface area (Å²) in [5.74, 6) is 0. The van der Waals surface area contributed by atoms with Gasteiger partial charge in [-0.05, 0) is 56.6 Å². The van der Waals surface area contributed by atoms with Crippen molar-refractivity contribution >= 4 is 6.09 Å². The topological polar surface area (TPSA) is 50.4 Å². The molecule has 0 spiro atoms. The zero-order valence-electron chi connectivity index (χ0n) is 16.6. The predicted octanol–water partition coefficient (Wildman–Crippen LogP) is 4.69. The van der Waals surface area contributed by atoms with Crippen LogP contribution in [0.1, 0.15) is 78.0 Å². The van der Waals surface area contributed by atoms with Crippen molar-refractivity contribution in [3.05, 3.63) is 35.4 Å². The Morgan fingerprint density at radius 1 is 1.32 bits per heavy atom. The fourth-order valence-corrected chi connectivity index (χ4v) is 3.51. The van der Waals surface area contributed by atoms with Crippen LogP contribution >= 0.6 is 0 Å². The lowest BCUT2D eigenvalue weighted by atomic mass is 9.71. The maximum atomic E-state index is 11.9. The Morgan fingerprint density at radius 3 is 2.64 bits per heavy atom. The average molecular weight is 347 g/mol. The van der Waals surface area contributed by atoms with Gasteiger partial charge in [-0.1, -0.05) is 45.0 Å². The lowest BCUT2D eigenvalue weighted by Gasteiger charge is -2.39. The van der Waals surface area contributed by atoms with Crippen LogP contribution in [0.15, 0.2) is 24.3 Å². The Hall–Kier alpha value is -1.55. The second kappa shape index (κ2) is 7.77. The molecule has 0 saturated carbocycles. The summed E-state index contributed by atoms with van der Waals surface area (Å²) in [5, 5.41) is 6.64. The molecule has 1 aliphatic carbocycles. The van der Waals surface area contributed by atoms with Crippen molar-refractivity contribution in [1.29, 1.82) is 0 Å². The van der Waals surface area contributed by atoms with Gasteiger partial charge in [0.15, 0.2) is 0 Å². The normalized spacial score (nSPS) is 20.5. The molecule has 1 aliphatic rings. The maximum Gasteiger partial charge on any atom is 0.407 e. The van der Waals surface area contributed by atoms with E-state index in [9.17, 15) is 4.79 Å². The highest BCUT2D eigenvalue weighted by molar-refractivity contribution is 5.67. The van der Waals surface area contributed by atoms with Gasteiger partial charge in [-0.25, -0.2) is 4.79 Å². The summed E-state index contributed by atoms with van der Waals surface area (Å²) in [7, 11) is 0. The number of carbonyl (C=O) groups is 1. The SMILES string of the molecule is CCC(CNC(=O)OC(C)(C)C)NC1CCC(C)(C)c2ccccc21. The Kier molecular flexibility index (Phi) is 6.15. The van der Waals surface area contributed by atoms with Gasteiger partial charge < -0.3 is 15.4 Å². The van der Waals surface area contributed by atoms with Crippen molar-refractivity contribution in [3.8, 4) is 0 Å². The van der Waals surface area contributed by atoms with E-state index in [-0.39, 0.29) is 17.6 Å². The van der Waals surface area contributed by atoms with Gasteiger partial charge in [-0.15, -0.1) is 0 Å². The summed E-state index contributed by atoms with van der Waals surface area (Å²) in [4.78, 5) is 11.9. The molecule has 0 radical (unpaired) electrons. The fourth-order valence-electron chi connectivity index (χ4n) is 3.51. The van der Waals surface area contributed by atoms with E-state index in [2.05, 4.69) is 55.7 Å². The third kappa shape index (κ3) is 5.46. The minimum absolute atomic E-state index is 0.227. The molecule has 25 heavy (non-hydrogen) atoms. The molecule has 0 aromatic heterocycles. The largest absolute Gasteiger partial charge is 0.444 e. The highest BCUT2D eigenvalue weighted by Gasteiger charge is 2.32. The van der Waals surface area contributed by atoms with Gasteiger partial charge in [-0.3, -0.25) is 0 Å². The van der Waals surface area contributed by atoms with Crippen LogP contribution in [0.2, 0.25) is 0 Å². The molecule has 2 unspecified atom stereocenters. The van der Waals surface area contributed by atoms with E-state index >= 15 is 0 Å². The zero-order valence-corrected chi connectivity index (χ0v) is 16.6. The first-order chi connectivity index (χ1) is 11.6. The van der Waals surface area contributed by atoms with E-state index in [4.69, 9.17) is 4.74 Å². The quantitative estimate of drug-likeness (QED) is 0.813. The second-order valence-corrected chi connectivity index (χ2v) is 8.72. The molecule has 2 atom stereocenters. The van der Waals surface area contributed by atoms with Gasteiger partial charge >= 0.3 is 6.09 Å². The van der Waals surface area contributed by atoms with Crippen molar-refractivity contribution in [2.24, 2.45) is 0 Å². The van der Waals surface area contributed by atoms with Gasteiger partial charge in [0.2, 0.25) is 0 Å². The van der Waals surface area contributed by atoms with Crippen LogP contribution in [0.4, 0.5) is 4.79 Å². The molecule has 0 bridgehead atoms. The number of fused-ring (bicyclic) bond motifs is 1. The van der Waals surface area contributed by atoms with E-state index in [1.807, 2.05) is 20.8 Å². The Morgan fingerprint density at radius 2 is 2.00 bits per heavy atom. The van der Waals surface area contributed by atoms with Gasteiger partial charge in [0.1, 0.15) is 5.60 Å². The van der Waals surface area contributed by atoms with Crippen molar-refractivity contribution < 1.29 is 9.53 Å². The molecule has 1 aromatic carbocycles. The van der Waals surface area contributed by atoms with Crippen LogP contribution in [0.5, 0.6) is 0 Å². The number of benzene rings is 1. The summed E-state index contributed by atoms with van der Waals surface area (Å²) in [6.07, 6.45) is 2.89. The first kappa shape index (κ1) is 19.8. The lowest BCUT2D eigenvalue weighted by molar-refractivity contribution is 0.0521. The molecular formula is C21H34N2O2. The van der Waals surface area contributed by atoms with E-state index in [1.54, 1.807) is 0 Å². The number of alkyl carbamates (subject to hydrolysis) is 1. The Labute approximate surface area is 152 Å². The van der Waals surface area contributed by atoms with Gasteiger partial charge in [0, 0.05) is 18.6 Å². The van der Waals surface area contributed by atoms with E-state index in [1.165, 1.54) is 11.1 Å². The van der Waals surface area contributed by atoms with Gasteiger partial charge in [0.25, 0.3) is 0 Å². The van der Waals surface area contributed by atoms with Gasteiger partial charge in [-0.2, -0.15) is 0 Å². The molecule has 2 rings (SSSR count). The minimum atomic E-state index is -0.465. The zero-order chi connectivity index (χ0) is 18.7. The molecule has 2 N–H and O–H groups in total. The maximum absolute atomic E-state index is 11.9. The van der Waals surface area contributed by atoms with Crippen LogP contribution in [-0.4, -0.2) is 24.3 Å². The van der Waals surface area contributed by atoms with Crippen molar-refractivity contribution in [3.63, 3.8) is 0 Å². The minimum Gasteiger partial charge on any atom is -0.444 e. The number of hydrogen-bond acceptors (Lipinski definition) is 3. The number of rotatable bonds is 5. The van der Waals surface area contributed by atoms with E-state index < -0.39 is 5.60 Å². The molecule has 1 aromatic rings. The standard InChI is InChI=1S/C21H34N2O2/c1-7-15(14-22-19(24)25-20(2,3)4)23-18-12-13-21(5,6)17-11-9-8-10-16(17)18/h8-11,15,18,23H,7,12-14H2,1-6H3,(H,22,24). The van der Waals surface area contributed by atoms with Crippen molar-refractivity contribution in [2.75, 3.05) is 6.54 Å². The highest BCUT2D eigenvalue weighted by atomic mass is 16.6. The Bertz CT molecular complexity index is 590. The van der Waals surface area contributed by atoms with Crippen molar-refractivity contribution in [2.45, 2.75) is 83.9 Å². The third-order valence-electron chi connectivity index (χ3n) is 4.94. The first-order valence-corrected chi connectivity index (χ1v) is 9.44. The molecule has 0 heterocycles. The third-order valence-corrected chi connectivity index (χ3v) is 4.94. The monoisotopic (exact) mass is 346 g/mol. The average Bonchev–Trinajstić information content (AvgIpc) is 2.52. The molecule has 4 heteroatoms. The summed E-state index contributed by atoms with van der Waals surface area (Å²) in [5.41, 5.74) is 2.60. The number of ether oxygens (including phenoxy) is 1. The smallest absolute Gasteiger partial charge is 0.407 e. The summed E-state index contributed by atoms with van der Waals surface area (Å²) in [6.45, 7) is 13.0. The molecule has 1 amide bonds. The lowest BCUT2D eigenvalue weighted by Crippen LogP contribution is -2.45. The first-order valence-electron chi connectivity index (χ1n) is 9.44. The Balaban J connectivity index is 1.99. The van der Waals surface area contributed by atoms with Crippen LogP contribution < -0.4 is 10.6 Å². The molecule has 0 saturated heterocycles. The molecule has 140 valence electrons. The fraction of sp³-hybridized carbons (Fsp3) is 0.667. The number of nitrogens with one attached hydrogen (secondary N) is 2. The molecular weight excluding hydrogens is 312 g/mol. The van der Waals surface area contributed by atoms with Gasteiger partial charge in [0.05, 0.1) is 0 Å². The van der Waals surface area contributed by atoms with Crippen LogP contribution in [-0.2, 0) is 10.2 Å². The number of hydrogen-bond donors (Lipinski definition) is 2. The van der Waals surface area contributed by atoms with Crippen LogP contribution in [0.25, 0.3) is 0 Å². The summed E-state index contributed by atoms with van der Waals surface area (Å²) in [6, 6.07) is 9.31. The number of carbonyl (C=O) groups excluding carboxylic acids is 1. The predicted molar refractivity (Wildman–Crippen MR) is 103 cm³/mol. The highest BCUT2D eigenvalue weighted by Crippen LogP contribution is 2.41. The molecule has 4 nitrogen and oxygen atoms in total. The number of amides is 1. The van der Waals surface area contributed by atoms with E-state index in [0.29, 0.717) is 12.6 Å².